The molecular weight excluding hydrogens is 186 g/mol. The molecule has 0 bridgehead atoms. The van der Waals surface area contributed by atoms with Gasteiger partial charge in [0.2, 0.25) is 0 Å². The van der Waals surface area contributed by atoms with E-state index in [9.17, 15) is 0 Å². The molecule has 0 spiro atoms. The van der Waals surface area contributed by atoms with Crippen molar-refractivity contribution < 1.29 is 20.8 Å². The summed E-state index contributed by atoms with van der Waals surface area (Å²) in [5.41, 5.74) is 5.47. The van der Waals surface area contributed by atoms with E-state index < -0.39 is 5.54 Å². The van der Waals surface area contributed by atoms with Crippen LogP contribution in [-0.4, -0.2) is 46.2 Å². The molecule has 0 aromatic heterocycles. The SMILES string of the molecule is CC(CCO)C(N)(CCO)CCO.O. The van der Waals surface area contributed by atoms with Gasteiger partial charge in [0.05, 0.1) is 0 Å². The van der Waals surface area contributed by atoms with Gasteiger partial charge in [0, 0.05) is 25.4 Å². The van der Waals surface area contributed by atoms with Gasteiger partial charge >= 0.3 is 0 Å². The van der Waals surface area contributed by atoms with E-state index in [0.717, 1.165) is 0 Å². The van der Waals surface area contributed by atoms with E-state index in [0.29, 0.717) is 19.3 Å². The predicted molar refractivity (Wildman–Crippen MR) is 54.8 cm³/mol. The van der Waals surface area contributed by atoms with E-state index >= 15 is 0 Å². The second-order valence-electron chi connectivity index (χ2n) is 3.59. The van der Waals surface area contributed by atoms with Crippen LogP contribution >= 0.6 is 0 Å². The third-order valence-corrected chi connectivity index (χ3v) is 2.70. The summed E-state index contributed by atoms with van der Waals surface area (Å²) in [7, 11) is 0. The lowest BCUT2D eigenvalue weighted by Crippen LogP contribution is -2.48. The molecule has 0 rings (SSSR count). The zero-order valence-corrected chi connectivity index (χ0v) is 8.74. The van der Waals surface area contributed by atoms with E-state index in [1.807, 2.05) is 6.92 Å². The second-order valence-corrected chi connectivity index (χ2v) is 3.59. The van der Waals surface area contributed by atoms with Crippen molar-refractivity contribution in [1.82, 2.24) is 0 Å². The Morgan fingerprint density at radius 2 is 1.50 bits per heavy atom. The van der Waals surface area contributed by atoms with Crippen LogP contribution in [0.3, 0.4) is 0 Å². The van der Waals surface area contributed by atoms with E-state index in [1.54, 1.807) is 0 Å². The molecule has 0 aliphatic rings. The van der Waals surface area contributed by atoms with Crippen LogP contribution in [0.25, 0.3) is 0 Å². The maximum atomic E-state index is 8.82. The lowest BCUT2D eigenvalue weighted by molar-refractivity contribution is 0.132. The van der Waals surface area contributed by atoms with Gasteiger partial charge in [0.25, 0.3) is 0 Å². The van der Waals surface area contributed by atoms with E-state index in [1.165, 1.54) is 0 Å². The molecule has 0 fully saturated rings. The molecule has 0 aromatic carbocycles. The molecule has 0 heterocycles. The smallest absolute Gasteiger partial charge is 0.0448 e. The minimum absolute atomic E-state index is 0. The minimum atomic E-state index is -0.549. The molecule has 0 aromatic rings. The monoisotopic (exact) mass is 209 g/mol. The van der Waals surface area contributed by atoms with E-state index in [2.05, 4.69) is 0 Å². The average molecular weight is 209 g/mol. The largest absolute Gasteiger partial charge is 0.412 e. The maximum absolute atomic E-state index is 8.82. The summed E-state index contributed by atoms with van der Waals surface area (Å²) in [5.74, 6) is 0.108. The van der Waals surface area contributed by atoms with Gasteiger partial charge in [0.15, 0.2) is 0 Å². The van der Waals surface area contributed by atoms with Gasteiger partial charge in [-0.1, -0.05) is 6.92 Å². The van der Waals surface area contributed by atoms with Crippen LogP contribution in [-0.2, 0) is 0 Å². The topological polar surface area (TPSA) is 118 Å². The van der Waals surface area contributed by atoms with Gasteiger partial charge in [-0.3, -0.25) is 0 Å². The lowest BCUT2D eigenvalue weighted by Gasteiger charge is -2.34. The number of hydrogen-bond donors (Lipinski definition) is 4. The number of nitrogens with two attached hydrogens (primary N) is 1. The Kier molecular flexibility index (Phi) is 9.44. The second kappa shape index (κ2) is 8.14. The zero-order chi connectivity index (χ0) is 10.3. The van der Waals surface area contributed by atoms with Crippen molar-refractivity contribution in [2.24, 2.45) is 11.7 Å². The Labute approximate surface area is 84.9 Å². The Balaban J connectivity index is 0. The van der Waals surface area contributed by atoms with E-state index in [-0.39, 0.29) is 31.2 Å². The summed E-state index contributed by atoms with van der Waals surface area (Å²) in [6.45, 7) is 2.07. The number of aliphatic hydroxyl groups is 3. The van der Waals surface area contributed by atoms with Crippen molar-refractivity contribution in [1.29, 1.82) is 0 Å². The molecule has 0 radical (unpaired) electrons. The van der Waals surface area contributed by atoms with Crippen molar-refractivity contribution in [2.75, 3.05) is 19.8 Å². The van der Waals surface area contributed by atoms with Gasteiger partial charge < -0.3 is 26.5 Å². The molecule has 0 aliphatic carbocycles. The summed E-state index contributed by atoms with van der Waals surface area (Å²) in [6, 6.07) is 0. The maximum Gasteiger partial charge on any atom is 0.0448 e. The summed E-state index contributed by atoms with van der Waals surface area (Å²) in [6.07, 6.45) is 1.54. The molecule has 0 amide bonds. The molecule has 88 valence electrons. The normalized spacial score (nSPS) is 13.5. The summed E-state index contributed by atoms with van der Waals surface area (Å²) >= 11 is 0. The van der Waals surface area contributed by atoms with Crippen LogP contribution in [0.5, 0.6) is 0 Å². The molecule has 0 saturated heterocycles. The third kappa shape index (κ3) is 4.88. The number of hydrogen-bond acceptors (Lipinski definition) is 4. The van der Waals surface area contributed by atoms with Crippen molar-refractivity contribution in [3.63, 3.8) is 0 Å². The highest BCUT2D eigenvalue weighted by Crippen LogP contribution is 2.24. The molecule has 1 unspecified atom stereocenters. The third-order valence-electron chi connectivity index (χ3n) is 2.70. The zero-order valence-electron chi connectivity index (χ0n) is 8.74. The molecular formula is C9H23NO4. The molecule has 0 aliphatic heterocycles. The number of aliphatic hydroxyl groups excluding tert-OH is 3. The molecule has 14 heavy (non-hydrogen) atoms. The summed E-state index contributed by atoms with van der Waals surface area (Å²) in [5, 5.41) is 26.4. The molecule has 0 saturated carbocycles. The fourth-order valence-corrected chi connectivity index (χ4v) is 1.52. The Hall–Kier alpha value is -0.200. The van der Waals surface area contributed by atoms with Crippen molar-refractivity contribution >= 4 is 0 Å². The predicted octanol–water partition coefficient (Wildman–Crippen LogP) is -1.36. The van der Waals surface area contributed by atoms with Gasteiger partial charge in [0.1, 0.15) is 0 Å². The van der Waals surface area contributed by atoms with Crippen LogP contribution < -0.4 is 5.73 Å². The minimum Gasteiger partial charge on any atom is -0.412 e. The fraction of sp³-hybridized carbons (Fsp3) is 1.00. The summed E-state index contributed by atoms with van der Waals surface area (Å²) in [4.78, 5) is 0. The Bertz CT molecular complexity index is 126. The summed E-state index contributed by atoms with van der Waals surface area (Å²) < 4.78 is 0. The van der Waals surface area contributed by atoms with Crippen LogP contribution in [0.1, 0.15) is 26.2 Å². The number of rotatable bonds is 7. The molecule has 5 nitrogen and oxygen atoms in total. The van der Waals surface area contributed by atoms with Crippen molar-refractivity contribution in [3.8, 4) is 0 Å². The van der Waals surface area contributed by atoms with Crippen molar-refractivity contribution in [2.45, 2.75) is 31.7 Å². The Morgan fingerprint density at radius 1 is 1.07 bits per heavy atom. The first-order valence-corrected chi connectivity index (χ1v) is 4.72. The fourth-order valence-electron chi connectivity index (χ4n) is 1.52. The van der Waals surface area contributed by atoms with Gasteiger partial charge in [-0.2, -0.15) is 0 Å². The van der Waals surface area contributed by atoms with Crippen LogP contribution in [0.2, 0.25) is 0 Å². The van der Waals surface area contributed by atoms with Gasteiger partial charge in [-0.05, 0) is 25.2 Å². The van der Waals surface area contributed by atoms with E-state index in [4.69, 9.17) is 21.1 Å². The standard InChI is InChI=1S/C9H21NO3.H2O/c1-8(2-5-11)9(10,3-6-12)4-7-13;/h8,11-13H,2-7,10H2,1H3;1H2. The first-order valence-electron chi connectivity index (χ1n) is 4.72. The highest BCUT2D eigenvalue weighted by molar-refractivity contribution is 4.88. The van der Waals surface area contributed by atoms with Crippen LogP contribution in [0.4, 0.5) is 0 Å². The average Bonchev–Trinajstić information content (AvgIpc) is 2.05. The first kappa shape index (κ1) is 16.2. The first-order chi connectivity index (χ1) is 6.10. The molecule has 1 atom stereocenters. The highest BCUT2D eigenvalue weighted by atomic mass is 16.3. The van der Waals surface area contributed by atoms with Crippen LogP contribution in [0.15, 0.2) is 0 Å². The van der Waals surface area contributed by atoms with Gasteiger partial charge in [-0.15, -0.1) is 0 Å². The Morgan fingerprint density at radius 3 is 1.79 bits per heavy atom. The van der Waals surface area contributed by atoms with Gasteiger partial charge in [-0.25, -0.2) is 0 Å². The quantitative estimate of drug-likeness (QED) is 0.414. The van der Waals surface area contributed by atoms with Crippen LogP contribution in [0, 0.1) is 5.92 Å². The molecule has 7 N–H and O–H groups in total. The highest BCUT2D eigenvalue weighted by Gasteiger charge is 2.30. The van der Waals surface area contributed by atoms with Crippen molar-refractivity contribution in [3.05, 3.63) is 0 Å². The lowest BCUT2D eigenvalue weighted by atomic mass is 9.79. The molecule has 5 heteroatoms.